The number of rotatable bonds is 10. The number of halogens is 3. The second-order valence-electron chi connectivity index (χ2n) is 8.34. The van der Waals surface area contributed by atoms with Gasteiger partial charge in [-0.15, -0.1) is 0 Å². The molecule has 0 bridgehead atoms. The summed E-state index contributed by atoms with van der Waals surface area (Å²) in [5, 5.41) is 14.5. The molecule has 6 nitrogen and oxygen atoms in total. The standard InChI is InChI=1S/C29H24BrCl2N3O3/c1-2-37-27-14-19(12-23(30)28(27)38-17-18-7-8-24(31)25(32)13-18)11-21(15-33)29(36)34-10-9-20-16-35-26-6-4-3-5-22(20)26/h3-8,11-14,16,35H,2,9-10,17H2,1H3,(H,34,36)/b21-11-. The van der Waals surface area contributed by atoms with Crippen molar-refractivity contribution in [1.82, 2.24) is 10.3 Å². The molecule has 0 unspecified atom stereocenters. The van der Waals surface area contributed by atoms with Gasteiger partial charge in [-0.25, -0.2) is 0 Å². The number of hydrogen-bond donors (Lipinski definition) is 2. The van der Waals surface area contributed by atoms with Crippen molar-refractivity contribution in [1.29, 1.82) is 5.26 Å². The third-order valence-electron chi connectivity index (χ3n) is 5.73. The number of para-hydroxylation sites is 1. The van der Waals surface area contributed by atoms with Gasteiger partial charge in [-0.05, 0) is 82.4 Å². The van der Waals surface area contributed by atoms with Crippen molar-refractivity contribution in [2.75, 3.05) is 13.2 Å². The van der Waals surface area contributed by atoms with Gasteiger partial charge >= 0.3 is 0 Å². The highest BCUT2D eigenvalue weighted by Crippen LogP contribution is 2.38. The van der Waals surface area contributed by atoms with Crippen LogP contribution in [0.5, 0.6) is 11.5 Å². The molecule has 2 N–H and O–H groups in total. The minimum atomic E-state index is -0.443. The fourth-order valence-corrected chi connectivity index (χ4v) is 4.81. The number of nitriles is 1. The number of ether oxygens (including phenoxy) is 2. The molecule has 38 heavy (non-hydrogen) atoms. The summed E-state index contributed by atoms with van der Waals surface area (Å²) in [4.78, 5) is 16.0. The van der Waals surface area contributed by atoms with Gasteiger partial charge < -0.3 is 19.8 Å². The van der Waals surface area contributed by atoms with E-state index in [4.69, 9.17) is 32.7 Å². The van der Waals surface area contributed by atoms with Gasteiger partial charge in [0.05, 0.1) is 21.1 Å². The Balaban J connectivity index is 1.46. The quantitative estimate of drug-likeness (QED) is 0.144. The first-order valence-electron chi connectivity index (χ1n) is 11.9. The summed E-state index contributed by atoms with van der Waals surface area (Å²) in [7, 11) is 0. The van der Waals surface area contributed by atoms with Crippen LogP contribution in [0.25, 0.3) is 17.0 Å². The van der Waals surface area contributed by atoms with E-state index in [1.54, 1.807) is 24.3 Å². The lowest BCUT2D eigenvalue weighted by molar-refractivity contribution is -0.117. The summed E-state index contributed by atoms with van der Waals surface area (Å²) >= 11 is 15.6. The molecule has 0 aliphatic heterocycles. The van der Waals surface area contributed by atoms with E-state index >= 15 is 0 Å². The van der Waals surface area contributed by atoms with Crippen molar-refractivity contribution in [3.63, 3.8) is 0 Å². The SMILES string of the molecule is CCOc1cc(/C=C(/C#N)C(=O)NCCc2c[nH]c3ccccc23)cc(Br)c1OCc1ccc(Cl)c(Cl)c1. The number of aromatic nitrogens is 1. The molecule has 194 valence electrons. The zero-order valence-electron chi connectivity index (χ0n) is 20.5. The van der Waals surface area contributed by atoms with Gasteiger partial charge in [0.1, 0.15) is 18.2 Å². The van der Waals surface area contributed by atoms with Crippen molar-refractivity contribution in [3.05, 3.63) is 97.6 Å². The molecule has 4 rings (SSSR count). The molecule has 0 aliphatic carbocycles. The fourth-order valence-electron chi connectivity index (χ4n) is 3.92. The summed E-state index contributed by atoms with van der Waals surface area (Å²) < 4.78 is 12.4. The average molecular weight is 613 g/mol. The lowest BCUT2D eigenvalue weighted by Gasteiger charge is -2.15. The summed E-state index contributed by atoms with van der Waals surface area (Å²) in [5.41, 5.74) is 3.60. The summed E-state index contributed by atoms with van der Waals surface area (Å²) in [5.74, 6) is 0.531. The lowest BCUT2D eigenvalue weighted by atomic mass is 10.1. The number of nitrogens with one attached hydrogen (secondary N) is 2. The fraction of sp³-hybridized carbons (Fsp3) is 0.172. The Morgan fingerprint density at radius 2 is 1.95 bits per heavy atom. The third kappa shape index (κ3) is 6.70. The van der Waals surface area contributed by atoms with Crippen LogP contribution in [-0.2, 0) is 17.8 Å². The van der Waals surface area contributed by atoms with E-state index < -0.39 is 5.91 Å². The monoisotopic (exact) mass is 611 g/mol. The first-order chi connectivity index (χ1) is 18.4. The molecule has 0 saturated carbocycles. The zero-order valence-corrected chi connectivity index (χ0v) is 23.6. The molecule has 1 heterocycles. The van der Waals surface area contributed by atoms with Crippen LogP contribution in [0.4, 0.5) is 0 Å². The van der Waals surface area contributed by atoms with E-state index in [-0.39, 0.29) is 12.2 Å². The second kappa shape index (κ2) is 12.9. The molecule has 1 aromatic heterocycles. The lowest BCUT2D eigenvalue weighted by Crippen LogP contribution is -2.26. The Morgan fingerprint density at radius 3 is 2.71 bits per heavy atom. The molecular weight excluding hydrogens is 589 g/mol. The maximum atomic E-state index is 12.7. The molecule has 1 amide bonds. The smallest absolute Gasteiger partial charge is 0.261 e. The van der Waals surface area contributed by atoms with Crippen LogP contribution >= 0.6 is 39.1 Å². The van der Waals surface area contributed by atoms with E-state index in [2.05, 4.69) is 26.2 Å². The van der Waals surface area contributed by atoms with Gasteiger partial charge in [0.2, 0.25) is 0 Å². The highest BCUT2D eigenvalue weighted by molar-refractivity contribution is 9.10. The largest absolute Gasteiger partial charge is 0.490 e. The van der Waals surface area contributed by atoms with Crippen molar-refractivity contribution in [3.8, 4) is 17.6 Å². The first-order valence-corrected chi connectivity index (χ1v) is 13.4. The number of fused-ring (bicyclic) bond motifs is 1. The summed E-state index contributed by atoms with van der Waals surface area (Å²) in [6.45, 7) is 2.91. The van der Waals surface area contributed by atoms with Crippen LogP contribution in [0.2, 0.25) is 10.0 Å². The van der Waals surface area contributed by atoms with Crippen LogP contribution in [0.3, 0.4) is 0 Å². The number of carbonyl (C=O) groups is 1. The molecule has 0 radical (unpaired) electrons. The Hall–Kier alpha value is -3.44. The molecular formula is C29H24BrCl2N3O3. The van der Waals surface area contributed by atoms with Crippen molar-refractivity contribution < 1.29 is 14.3 Å². The number of benzene rings is 3. The number of nitrogens with zero attached hydrogens (tertiary/aromatic N) is 1. The number of H-pyrrole nitrogens is 1. The second-order valence-corrected chi connectivity index (χ2v) is 10.0. The van der Waals surface area contributed by atoms with Crippen molar-refractivity contribution in [2.24, 2.45) is 0 Å². The first kappa shape index (κ1) is 27.6. The summed E-state index contributed by atoms with van der Waals surface area (Å²) in [6.07, 6.45) is 4.10. The number of amides is 1. The maximum Gasteiger partial charge on any atom is 0.261 e. The van der Waals surface area contributed by atoms with Gasteiger partial charge in [0.15, 0.2) is 11.5 Å². The van der Waals surface area contributed by atoms with E-state index in [9.17, 15) is 10.1 Å². The number of aromatic amines is 1. The minimum Gasteiger partial charge on any atom is -0.490 e. The molecule has 0 spiro atoms. The minimum absolute atomic E-state index is 0.0113. The van der Waals surface area contributed by atoms with Crippen LogP contribution < -0.4 is 14.8 Å². The Bertz CT molecular complexity index is 1540. The third-order valence-corrected chi connectivity index (χ3v) is 7.06. The van der Waals surface area contributed by atoms with Crippen molar-refractivity contribution in [2.45, 2.75) is 20.0 Å². The molecule has 0 saturated heterocycles. The van der Waals surface area contributed by atoms with E-state index in [0.717, 1.165) is 22.0 Å². The average Bonchev–Trinajstić information content (AvgIpc) is 3.32. The maximum absolute atomic E-state index is 12.7. The topological polar surface area (TPSA) is 87.1 Å². The van der Waals surface area contributed by atoms with Gasteiger partial charge in [-0.2, -0.15) is 5.26 Å². The van der Waals surface area contributed by atoms with Crippen LogP contribution in [0.1, 0.15) is 23.6 Å². The predicted octanol–water partition coefficient (Wildman–Crippen LogP) is 7.48. The summed E-state index contributed by atoms with van der Waals surface area (Å²) in [6, 6.07) is 18.8. The van der Waals surface area contributed by atoms with E-state index in [1.165, 1.54) is 6.08 Å². The van der Waals surface area contributed by atoms with Crippen LogP contribution in [0, 0.1) is 11.3 Å². The molecule has 0 atom stereocenters. The van der Waals surface area contributed by atoms with E-state index in [1.807, 2.05) is 49.5 Å². The highest BCUT2D eigenvalue weighted by atomic mass is 79.9. The molecule has 4 aromatic rings. The van der Waals surface area contributed by atoms with Gasteiger partial charge in [-0.3, -0.25) is 4.79 Å². The van der Waals surface area contributed by atoms with Crippen LogP contribution in [0.15, 0.2) is 70.8 Å². The Kier molecular flexibility index (Phi) is 9.35. The van der Waals surface area contributed by atoms with Crippen molar-refractivity contribution >= 4 is 62.0 Å². The molecule has 0 fully saturated rings. The molecule has 3 aromatic carbocycles. The van der Waals surface area contributed by atoms with Crippen LogP contribution in [-0.4, -0.2) is 24.0 Å². The number of carbonyl (C=O) groups excluding carboxylic acids is 1. The predicted molar refractivity (Wildman–Crippen MR) is 155 cm³/mol. The molecule has 9 heteroatoms. The molecule has 0 aliphatic rings. The highest BCUT2D eigenvalue weighted by Gasteiger charge is 2.15. The normalized spacial score (nSPS) is 11.3. The van der Waals surface area contributed by atoms with Gasteiger partial charge in [0, 0.05) is 23.6 Å². The van der Waals surface area contributed by atoms with Gasteiger partial charge in [-0.1, -0.05) is 47.5 Å². The Morgan fingerprint density at radius 1 is 1.13 bits per heavy atom. The van der Waals surface area contributed by atoms with Gasteiger partial charge in [0.25, 0.3) is 5.91 Å². The Labute approximate surface area is 239 Å². The van der Waals surface area contributed by atoms with E-state index in [0.29, 0.717) is 51.2 Å². The zero-order chi connectivity index (χ0) is 27.1. The number of hydrogen-bond acceptors (Lipinski definition) is 4.